The Morgan fingerprint density at radius 3 is 1.80 bits per heavy atom. The van der Waals surface area contributed by atoms with E-state index in [-0.39, 0.29) is 22.8 Å². The minimum atomic E-state index is -1.71. The van der Waals surface area contributed by atoms with Crippen LogP contribution in [0.15, 0.2) is 36.4 Å². The minimum absolute atomic E-state index is 0.166. The maximum absolute atomic E-state index is 10.5. The van der Waals surface area contributed by atoms with E-state index in [2.05, 4.69) is 0 Å². The number of ether oxygens (including phenoxy) is 4. The molecule has 10 atom stereocenters. The number of aliphatic hydroxyl groups is 8. The molecule has 2 heterocycles. The van der Waals surface area contributed by atoms with Gasteiger partial charge in [-0.3, -0.25) is 0 Å². The molecule has 14 nitrogen and oxygen atoms in total. The summed E-state index contributed by atoms with van der Waals surface area (Å²) in [6, 6.07) is 8.62. The van der Waals surface area contributed by atoms with E-state index >= 15 is 0 Å². The van der Waals surface area contributed by atoms with Crippen LogP contribution >= 0.6 is 0 Å². The molecule has 0 amide bonds. The summed E-state index contributed by atoms with van der Waals surface area (Å²) < 4.78 is 21.6. The molecule has 0 spiro atoms. The van der Waals surface area contributed by atoms with Gasteiger partial charge >= 0.3 is 0 Å². The van der Waals surface area contributed by atoms with E-state index < -0.39 is 80.4 Å². The summed E-state index contributed by atoms with van der Waals surface area (Å²) in [6.45, 7) is -1.27. The predicted molar refractivity (Wildman–Crippen MR) is 134 cm³/mol. The summed E-state index contributed by atoms with van der Waals surface area (Å²) in [5.74, 6) is -0.854. The van der Waals surface area contributed by atoms with Crippen molar-refractivity contribution >= 4 is 12.2 Å². The molecule has 2 aliphatic rings. The Hall–Kier alpha value is -3.02. The molecule has 2 aromatic carbocycles. The van der Waals surface area contributed by atoms with Gasteiger partial charge in [0, 0.05) is 11.6 Å². The molecule has 40 heavy (non-hydrogen) atoms. The molecule has 2 aliphatic heterocycles. The maximum Gasteiger partial charge on any atom is 0.229 e. The van der Waals surface area contributed by atoms with Crippen LogP contribution in [0.4, 0.5) is 0 Å². The second-order valence-corrected chi connectivity index (χ2v) is 9.41. The van der Waals surface area contributed by atoms with Crippen molar-refractivity contribution in [1.29, 1.82) is 0 Å². The van der Waals surface area contributed by atoms with Crippen LogP contribution in [0, 0.1) is 0 Å². The minimum Gasteiger partial charge on any atom is -0.507 e. The van der Waals surface area contributed by atoms with Gasteiger partial charge < -0.3 is 70.0 Å². The van der Waals surface area contributed by atoms with Crippen molar-refractivity contribution in [2.45, 2.75) is 61.4 Å². The van der Waals surface area contributed by atoms with Crippen LogP contribution in [0.25, 0.3) is 12.2 Å². The number of aromatic hydroxyl groups is 2. The van der Waals surface area contributed by atoms with Gasteiger partial charge in [-0.05, 0) is 23.8 Å². The van der Waals surface area contributed by atoms with Gasteiger partial charge in [0.2, 0.25) is 12.6 Å². The fraction of sp³-hybridized carbons (Fsp3) is 0.462. The number of hydrogen-bond donors (Lipinski definition) is 10. The number of rotatable bonds is 8. The van der Waals surface area contributed by atoms with Crippen LogP contribution in [0.2, 0.25) is 0 Å². The Morgan fingerprint density at radius 2 is 1.23 bits per heavy atom. The van der Waals surface area contributed by atoms with Crippen molar-refractivity contribution in [3.05, 3.63) is 47.5 Å². The zero-order chi connectivity index (χ0) is 29.1. The van der Waals surface area contributed by atoms with Gasteiger partial charge in [-0.15, -0.1) is 0 Å². The fourth-order valence-electron chi connectivity index (χ4n) is 4.27. The quantitative estimate of drug-likeness (QED) is 0.118. The SMILES string of the molecule is OC[C@H]1O[C@@H](Oc2cccc(C=Cc3cc(O)c(O[C@@H]4O[C@H](CO)[C@@H](O)[C@H](O)[C@H]4O)cc3O)c2)[C@H](O)[C@@H](O)[C@@H]1O. The van der Waals surface area contributed by atoms with Crippen LogP contribution in [-0.4, -0.2) is 126 Å². The number of aliphatic hydroxyl groups excluding tert-OH is 8. The topological polar surface area (TPSA) is 239 Å². The van der Waals surface area contributed by atoms with Crippen molar-refractivity contribution < 1.29 is 70.0 Å². The van der Waals surface area contributed by atoms with Crippen molar-refractivity contribution in [2.24, 2.45) is 0 Å². The van der Waals surface area contributed by atoms with E-state index in [0.29, 0.717) is 5.56 Å². The Bertz CT molecular complexity index is 1170. The second-order valence-electron chi connectivity index (χ2n) is 9.41. The highest BCUT2D eigenvalue weighted by molar-refractivity contribution is 5.74. The normalized spacial score (nSPS) is 34.6. The van der Waals surface area contributed by atoms with Crippen LogP contribution in [0.3, 0.4) is 0 Å². The standard InChI is InChI=1S/C26H32O14/c27-9-17-19(31)21(33)23(35)25(39-17)37-13-3-1-2-11(6-13)4-5-12-7-15(30)16(8-14(12)29)38-26-24(36)22(34)20(32)18(10-28)40-26/h1-8,17-36H,9-10H2/t17-,18-,19-,20-,21+,22+,23-,24-,25-,26-/m1/s1. The molecule has 2 aromatic rings. The molecular weight excluding hydrogens is 536 g/mol. The van der Waals surface area contributed by atoms with Crippen LogP contribution < -0.4 is 9.47 Å². The first-order valence-electron chi connectivity index (χ1n) is 12.3. The average molecular weight is 569 g/mol. The lowest BCUT2D eigenvalue weighted by Gasteiger charge is -2.39. The van der Waals surface area contributed by atoms with Crippen LogP contribution in [-0.2, 0) is 9.47 Å². The summed E-state index contributed by atoms with van der Waals surface area (Å²) in [7, 11) is 0. The zero-order valence-electron chi connectivity index (χ0n) is 20.9. The van der Waals surface area contributed by atoms with E-state index in [1.165, 1.54) is 12.1 Å². The third kappa shape index (κ3) is 6.31. The third-order valence-corrected chi connectivity index (χ3v) is 6.61. The number of phenols is 2. The Balaban J connectivity index is 1.45. The molecule has 14 heteroatoms. The van der Waals surface area contributed by atoms with Gasteiger partial charge in [-0.1, -0.05) is 24.3 Å². The van der Waals surface area contributed by atoms with Gasteiger partial charge in [0.05, 0.1) is 13.2 Å². The molecule has 0 saturated carbocycles. The van der Waals surface area contributed by atoms with E-state index in [1.807, 2.05) is 0 Å². The lowest BCUT2D eigenvalue weighted by molar-refractivity contribution is -0.277. The molecule has 0 radical (unpaired) electrons. The monoisotopic (exact) mass is 568 g/mol. The summed E-state index contributed by atoms with van der Waals surface area (Å²) >= 11 is 0. The summed E-state index contributed by atoms with van der Waals surface area (Å²) in [5, 5.41) is 99.5. The highest BCUT2D eigenvalue weighted by Gasteiger charge is 2.46. The molecule has 220 valence electrons. The summed E-state index contributed by atoms with van der Waals surface area (Å²) in [6.07, 6.45) is -11.9. The smallest absolute Gasteiger partial charge is 0.229 e. The van der Waals surface area contributed by atoms with E-state index in [4.69, 9.17) is 18.9 Å². The fourth-order valence-corrected chi connectivity index (χ4v) is 4.27. The van der Waals surface area contributed by atoms with Crippen molar-refractivity contribution in [3.63, 3.8) is 0 Å². The van der Waals surface area contributed by atoms with Gasteiger partial charge in [-0.2, -0.15) is 0 Å². The number of phenolic OH excluding ortho intramolecular Hbond substituents is 2. The zero-order valence-corrected chi connectivity index (χ0v) is 20.9. The van der Waals surface area contributed by atoms with Gasteiger partial charge in [0.1, 0.15) is 60.3 Å². The largest absolute Gasteiger partial charge is 0.507 e. The molecule has 2 fully saturated rings. The van der Waals surface area contributed by atoms with E-state index in [0.717, 1.165) is 6.07 Å². The Kier molecular flexibility index (Phi) is 9.48. The summed E-state index contributed by atoms with van der Waals surface area (Å²) in [4.78, 5) is 0. The van der Waals surface area contributed by atoms with Crippen molar-refractivity contribution in [2.75, 3.05) is 13.2 Å². The molecular formula is C26H32O14. The molecule has 0 bridgehead atoms. The molecule has 4 rings (SSSR count). The Morgan fingerprint density at radius 1 is 0.650 bits per heavy atom. The Labute approximate surface area is 227 Å². The van der Waals surface area contributed by atoms with Crippen LogP contribution in [0.5, 0.6) is 23.0 Å². The predicted octanol–water partition coefficient (Wildman–Crippen LogP) is -2.37. The first-order valence-corrected chi connectivity index (χ1v) is 12.3. The highest BCUT2D eigenvalue weighted by atomic mass is 16.7. The first kappa shape index (κ1) is 30.0. The molecule has 0 aliphatic carbocycles. The highest BCUT2D eigenvalue weighted by Crippen LogP contribution is 2.36. The molecule has 10 N–H and O–H groups in total. The molecule has 0 unspecified atom stereocenters. The van der Waals surface area contributed by atoms with Crippen molar-refractivity contribution in [1.82, 2.24) is 0 Å². The van der Waals surface area contributed by atoms with Gasteiger partial charge in [0.15, 0.2) is 11.5 Å². The summed E-state index contributed by atoms with van der Waals surface area (Å²) in [5.41, 5.74) is 0.724. The van der Waals surface area contributed by atoms with E-state index in [1.54, 1.807) is 30.3 Å². The lowest BCUT2D eigenvalue weighted by atomic mass is 9.99. The number of benzene rings is 2. The van der Waals surface area contributed by atoms with Crippen LogP contribution in [0.1, 0.15) is 11.1 Å². The third-order valence-electron chi connectivity index (χ3n) is 6.61. The van der Waals surface area contributed by atoms with Crippen molar-refractivity contribution in [3.8, 4) is 23.0 Å². The van der Waals surface area contributed by atoms with Gasteiger partial charge in [0.25, 0.3) is 0 Å². The number of hydrogen-bond acceptors (Lipinski definition) is 14. The van der Waals surface area contributed by atoms with Gasteiger partial charge in [-0.25, -0.2) is 0 Å². The molecule has 0 aromatic heterocycles. The maximum atomic E-state index is 10.5. The first-order chi connectivity index (χ1) is 19.0. The molecule has 2 saturated heterocycles. The lowest BCUT2D eigenvalue weighted by Crippen LogP contribution is -2.60. The average Bonchev–Trinajstić information content (AvgIpc) is 2.94. The second kappa shape index (κ2) is 12.7. The van der Waals surface area contributed by atoms with E-state index in [9.17, 15) is 51.1 Å².